The first-order chi connectivity index (χ1) is 11.2. The van der Waals surface area contributed by atoms with E-state index in [4.69, 9.17) is 0 Å². The summed E-state index contributed by atoms with van der Waals surface area (Å²) in [5, 5.41) is 11.4. The van der Waals surface area contributed by atoms with Crippen LogP contribution >= 0.6 is 0 Å². The van der Waals surface area contributed by atoms with Gasteiger partial charge >= 0.3 is 0 Å². The molecule has 0 radical (unpaired) electrons. The van der Waals surface area contributed by atoms with Gasteiger partial charge in [0.15, 0.2) is 0 Å². The molecule has 1 aliphatic heterocycles. The Balaban J connectivity index is 1.61. The van der Waals surface area contributed by atoms with Gasteiger partial charge in [-0.25, -0.2) is 4.98 Å². The normalized spacial score (nSPS) is 15.9. The van der Waals surface area contributed by atoms with Crippen molar-refractivity contribution in [1.82, 2.24) is 29.6 Å². The molecule has 3 heterocycles. The van der Waals surface area contributed by atoms with E-state index in [0.29, 0.717) is 0 Å². The SMILES string of the molecule is CCNc1cc(C)nc(N2CCN(Cc3nncn3C)CC2)n1. The minimum atomic E-state index is 0.819. The van der Waals surface area contributed by atoms with Crippen LogP contribution in [0.3, 0.4) is 0 Å². The minimum Gasteiger partial charge on any atom is -0.370 e. The molecule has 2 aromatic rings. The van der Waals surface area contributed by atoms with Gasteiger partial charge in [0.2, 0.25) is 5.95 Å². The third-order valence-electron chi connectivity index (χ3n) is 4.03. The standard InChI is InChI=1S/C15H24N8/c1-4-16-13-9-12(2)18-15(19-13)23-7-5-22(6-8-23)10-14-20-17-11-21(14)3/h9,11H,4-8,10H2,1-3H3,(H,16,18,19). The molecular weight excluding hydrogens is 292 g/mol. The molecular formula is C15H24N8. The number of hydrogen-bond donors (Lipinski definition) is 1. The van der Waals surface area contributed by atoms with E-state index in [-0.39, 0.29) is 0 Å². The van der Waals surface area contributed by atoms with Crippen molar-refractivity contribution in [2.45, 2.75) is 20.4 Å². The van der Waals surface area contributed by atoms with Crippen LogP contribution in [0.4, 0.5) is 11.8 Å². The van der Waals surface area contributed by atoms with Gasteiger partial charge in [-0.05, 0) is 13.8 Å². The summed E-state index contributed by atoms with van der Waals surface area (Å²) in [6.07, 6.45) is 1.74. The summed E-state index contributed by atoms with van der Waals surface area (Å²) >= 11 is 0. The highest BCUT2D eigenvalue weighted by Gasteiger charge is 2.20. The van der Waals surface area contributed by atoms with Crippen molar-refractivity contribution in [2.24, 2.45) is 7.05 Å². The molecule has 124 valence electrons. The molecule has 1 saturated heterocycles. The fourth-order valence-corrected chi connectivity index (χ4v) is 2.72. The quantitative estimate of drug-likeness (QED) is 0.869. The predicted octanol–water partition coefficient (Wildman–Crippen LogP) is 0.668. The van der Waals surface area contributed by atoms with E-state index in [0.717, 1.165) is 62.6 Å². The Hall–Kier alpha value is -2.22. The Morgan fingerprint density at radius 2 is 1.96 bits per heavy atom. The lowest BCUT2D eigenvalue weighted by Crippen LogP contribution is -2.46. The first kappa shape index (κ1) is 15.7. The van der Waals surface area contributed by atoms with Gasteiger partial charge in [0.05, 0.1) is 6.54 Å². The molecule has 1 aliphatic rings. The van der Waals surface area contributed by atoms with Crippen LogP contribution in [0.5, 0.6) is 0 Å². The van der Waals surface area contributed by atoms with E-state index in [1.54, 1.807) is 6.33 Å². The van der Waals surface area contributed by atoms with Gasteiger partial charge in [-0.3, -0.25) is 4.90 Å². The summed E-state index contributed by atoms with van der Waals surface area (Å²) in [6, 6.07) is 1.98. The topological polar surface area (TPSA) is 75.0 Å². The lowest BCUT2D eigenvalue weighted by molar-refractivity contribution is 0.240. The molecule has 0 atom stereocenters. The number of rotatable bonds is 5. The zero-order valence-electron chi connectivity index (χ0n) is 14.0. The van der Waals surface area contributed by atoms with Crippen molar-refractivity contribution < 1.29 is 0 Å². The maximum atomic E-state index is 4.62. The molecule has 0 saturated carbocycles. The molecule has 0 aliphatic carbocycles. The van der Waals surface area contributed by atoms with Crippen LogP contribution in [-0.4, -0.2) is 62.4 Å². The first-order valence-corrected chi connectivity index (χ1v) is 8.05. The van der Waals surface area contributed by atoms with E-state index in [9.17, 15) is 0 Å². The number of anilines is 2. The number of aromatic nitrogens is 5. The maximum Gasteiger partial charge on any atom is 0.227 e. The van der Waals surface area contributed by atoms with Gasteiger partial charge in [-0.15, -0.1) is 10.2 Å². The Morgan fingerprint density at radius 1 is 1.17 bits per heavy atom. The van der Waals surface area contributed by atoms with E-state index in [2.05, 4.69) is 42.2 Å². The molecule has 8 nitrogen and oxygen atoms in total. The minimum absolute atomic E-state index is 0.819. The van der Waals surface area contributed by atoms with Crippen molar-refractivity contribution >= 4 is 11.8 Å². The molecule has 3 rings (SSSR count). The Kier molecular flexibility index (Phi) is 4.71. The fourth-order valence-electron chi connectivity index (χ4n) is 2.72. The second kappa shape index (κ2) is 6.91. The molecule has 1 N–H and O–H groups in total. The Labute approximate surface area is 136 Å². The summed E-state index contributed by atoms with van der Waals surface area (Å²) in [6.45, 7) is 9.57. The molecule has 23 heavy (non-hydrogen) atoms. The highest BCUT2D eigenvalue weighted by Crippen LogP contribution is 2.16. The van der Waals surface area contributed by atoms with E-state index in [1.807, 2.05) is 24.6 Å². The molecule has 0 aromatic carbocycles. The molecule has 0 amide bonds. The van der Waals surface area contributed by atoms with Crippen LogP contribution in [0.1, 0.15) is 18.4 Å². The summed E-state index contributed by atoms with van der Waals surface area (Å²) < 4.78 is 1.97. The van der Waals surface area contributed by atoms with Crippen LogP contribution in [0.25, 0.3) is 0 Å². The van der Waals surface area contributed by atoms with Gasteiger partial charge in [0.1, 0.15) is 18.0 Å². The van der Waals surface area contributed by atoms with Crippen molar-refractivity contribution in [2.75, 3.05) is 42.9 Å². The second-order valence-corrected chi connectivity index (χ2v) is 5.85. The van der Waals surface area contributed by atoms with Gasteiger partial charge in [0.25, 0.3) is 0 Å². The molecule has 0 unspecified atom stereocenters. The molecule has 0 bridgehead atoms. The van der Waals surface area contributed by atoms with Crippen molar-refractivity contribution in [3.63, 3.8) is 0 Å². The third-order valence-corrected chi connectivity index (χ3v) is 4.03. The highest BCUT2D eigenvalue weighted by molar-refractivity contribution is 5.43. The highest BCUT2D eigenvalue weighted by atomic mass is 15.3. The van der Waals surface area contributed by atoms with Gasteiger partial charge < -0.3 is 14.8 Å². The molecule has 0 spiro atoms. The lowest BCUT2D eigenvalue weighted by atomic mass is 10.3. The number of aryl methyl sites for hydroxylation is 2. The number of hydrogen-bond acceptors (Lipinski definition) is 7. The smallest absolute Gasteiger partial charge is 0.227 e. The van der Waals surface area contributed by atoms with E-state index < -0.39 is 0 Å². The molecule has 1 fully saturated rings. The zero-order chi connectivity index (χ0) is 16.2. The summed E-state index contributed by atoms with van der Waals surface area (Å²) in [7, 11) is 1.98. The molecule has 8 heteroatoms. The lowest BCUT2D eigenvalue weighted by Gasteiger charge is -2.34. The fraction of sp³-hybridized carbons (Fsp3) is 0.600. The van der Waals surface area contributed by atoms with Crippen LogP contribution in [0.15, 0.2) is 12.4 Å². The van der Waals surface area contributed by atoms with Crippen LogP contribution in [0, 0.1) is 6.92 Å². The van der Waals surface area contributed by atoms with Crippen LogP contribution < -0.4 is 10.2 Å². The zero-order valence-corrected chi connectivity index (χ0v) is 14.0. The Morgan fingerprint density at radius 3 is 2.61 bits per heavy atom. The number of nitrogens with one attached hydrogen (secondary N) is 1. The van der Waals surface area contributed by atoms with Crippen LogP contribution in [-0.2, 0) is 13.6 Å². The summed E-state index contributed by atoms with van der Waals surface area (Å²) in [4.78, 5) is 13.8. The number of nitrogens with zero attached hydrogens (tertiary/aromatic N) is 7. The monoisotopic (exact) mass is 316 g/mol. The van der Waals surface area contributed by atoms with Gasteiger partial charge in [0, 0.05) is 51.5 Å². The van der Waals surface area contributed by atoms with Crippen LogP contribution in [0.2, 0.25) is 0 Å². The van der Waals surface area contributed by atoms with Crippen molar-refractivity contribution in [3.8, 4) is 0 Å². The average molecular weight is 316 g/mol. The van der Waals surface area contributed by atoms with E-state index >= 15 is 0 Å². The number of piperazine rings is 1. The summed E-state index contributed by atoms with van der Waals surface area (Å²) in [5.41, 5.74) is 0.993. The largest absolute Gasteiger partial charge is 0.370 e. The van der Waals surface area contributed by atoms with E-state index in [1.165, 1.54) is 0 Å². The maximum absolute atomic E-state index is 4.62. The second-order valence-electron chi connectivity index (χ2n) is 5.85. The Bertz CT molecular complexity index is 645. The first-order valence-electron chi connectivity index (χ1n) is 8.05. The molecule has 2 aromatic heterocycles. The van der Waals surface area contributed by atoms with Crippen molar-refractivity contribution in [1.29, 1.82) is 0 Å². The predicted molar refractivity (Wildman–Crippen MR) is 89.4 cm³/mol. The van der Waals surface area contributed by atoms with Gasteiger partial charge in [-0.2, -0.15) is 4.98 Å². The van der Waals surface area contributed by atoms with Crippen molar-refractivity contribution in [3.05, 3.63) is 23.9 Å². The van der Waals surface area contributed by atoms with Gasteiger partial charge in [-0.1, -0.05) is 0 Å². The third kappa shape index (κ3) is 3.76. The average Bonchev–Trinajstić information content (AvgIpc) is 2.93. The summed E-state index contributed by atoms with van der Waals surface area (Å²) in [5.74, 6) is 2.72.